The van der Waals surface area contributed by atoms with Crippen molar-refractivity contribution < 1.29 is 13.9 Å². The normalized spacial score (nSPS) is 12.0. The van der Waals surface area contributed by atoms with Gasteiger partial charge in [0.1, 0.15) is 17.7 Å². The largest absolute Gasteiger partial charge is 0.489 e. The third kappa shape index (κ3) is 11.3. The second-order valence-electron chi connectivity index (χ2n) is 7.72. The minimum Gasteiger partial charge on any atom is -0.489 e. The van der Waals surface area contributed by atoms with Gasteiger partial charge in [-0.3, -0.25) is 4.79 Å². The number of benzene rings is 2. The summed E-state index contributed by atoms with van der Waals surface area (Å²) in [7, 11) is 3.93. The highest BCUT2D eigenvalue weighted by molar-refractivity contribution is 14.0. The van der Waals surface area contributed by atoms with Crippen molar-refractivity contribution in [2.24, 2.45) is 4.99 Å². The molecule has 182 valence electrons. The monoisotopic (exact) mass is 571 g/mol. The van der Waals surface area contributed by atoms with Crippen LogP contribution in [0.4, 0.5) is 4.39 Å². The number of halogens is 2. The van der Waals surface area contributed by atoms with E-state index in [1.165, 1.54) is 12.1 Å². The lowest BCUT2D eigenvalue weighted by molar-refractivity contribution is 0.0951. The predicted molar refractivity (Wildman–Crippen MR) is 142 cm³/mol. The van der Waals surface area contributed by atoms with E-state index in [0.29, 0.717) is 43.5 Å². The van der Waals surface area contributed by atoms with Crippen LogP contribution in [0.5, 0.6) is 5.75 Å². The summed E-state index contributed by atoms with van der Waals surface area (Å²) >= 11 is 0. The second-order valence-corrected chi connectivity index (χ2v) is 7.72. The van der Waals surface area contributed by atoms with Crippen LogP contribution in [0.2, 0.25) is 0 Å². The molecular weight excluding hydrogens is 536 g/mol. The number of aliphatic imine (C=N–C) groups is 1. The van der Waals surface area contributed by atoms with Gasteiger partial charge in [0.05, 0.1) is 13.1 Å². The fourth-order valence-corrected chi connectivity index (χ4v) is 2.87. The molecule has 7 nitrogen and oxygen atoms in total. The van der Waals surface area contributed by atoms with Gasteiger partial charge in [-0.2, -0.15) is 0 Å². The van der Waals surface area contributed by atoms with Crippen LogP contribution in [-0.2, 0) is 6.54 Å². The summed E-state index contributed by atoms with van der Waals surface area (Å²) in [5, 5.41) is 9.35. The average Bonchev–Trinajstić information content (AvgIpc) is 2.75. The number of ether oxygens (including phenoxy) is 1. The average molecular weight is 571 g/mol. The standard InChI is InChI=1S/C24H34FN5O2.HI/c1-5-26-24(28-16-18(2)32-22-11-7-10-21(25)15-22)29-17-19-8-6-9-20(14-19)23(31)27-12-13-30(3)4;/h6-11,14-15,18H,5,12-13,16-17H2,1-4H3,(H,27,31)(H2,26,28,29);1H. The van der Waals surface area contributed by atoms with E-state index in [9.17, 15) is 9.18 Å². The van der Waals surface area contributed by atoms with E-state index in [1.807, 2.05) is 51.0 Å². The smallest absolute Gasteiger partial charge is 0.251 e. The Balaban J connectivity index is 0.00000544. The Morgan fingerprint density at radius 1 is 1.12 bits per heavy atom. The molecule has 1 atom stereocenters. The first-order chi connectivity index (χ1) is 15.4. The maximum Gasteiger partial charge on any atom is 0.251 e. The Hall–Kier alpha value is -2.40. The van der Waals surface area contributed by atoms with E-state index < -0.39 is 0 Å². The number of guanidine groups is 1. The molecule has 33 heavy (non-hydrogen) atoms. The highest BCUT2D eigenvalue weighted by Gasteiger charge is 2.08. The minimum atomic E-state index is -0.328. The molecule has 0 aliphatic heterocycles. The van der Waals surface area contributed by atoms with E-state index in [4.69, 9.17) is 4.74 Å². The number of hydrogen-bond acceptors (Lipinski definition) is 4. The molecule has 3 N–H and O–H groups in total. The van der Waals surface area contributed by atoms with Gasteiger partial charge in [0.15, 0.2) is 5.96 Å². The van der Waals surface area contributed by atoms with Crippen LogP contribution >= 0.6 is 24.0 Å². The molecule has 0 aromatic heterocycles. The summed E-state index contributed by atoms with van der Waals surface area (Å²) in [6.07, 6.45) is -0.185. The van der Waals surface area contributed by atoms with Crippen LogP contribution in [0.25, 0.3) is 0 Å². The third-order valence-corrected chi connectivity index (χ3v) is 4.49. The zero-order valence-electron chi connectivity index (χ0n) is 19.7. The molecule has 0 saturated heterocycles. The minimum absolute atomic E-state index is 0. The summed E-state index contributed by atoms with van der Waals surface area (Å²) in [5.74, 6) is 0.710. The van der Waals surface area contributed by atoms with Crippen LogP contribution in [0, 0.1) is 5.82 Å². The Morgan fingerprint density at radius 2 is 1.88 bits per heavy atom. The molecule has 2 rings (SSSR count). The van der Waals surface area contributed by atoms with Crippen molar-refractivity contribution in [2.45, 2.75) is 26.5 Å². The Labute approximate surface area is 213 Å². The van der Waals surface area contributed by atoms with Gasteiger partial charge in [-0.25, -0.2) is 9.38 Å². The third-order valence-electron chi connectivity index (χ3n) is 4.49. The molecule has 1 amide bonds. The fraction of sp³-hybridized carbons (Fsp3) is 0.417. The van der Waals surface area contributed by atoms with Crippen molar-refractivity contribution in [2.75, 3.05) is 40.3 Å². The van der Waals surface area contributed by atoms with Crippen LogP contribution in [0.3, 0.4) is 0 Å². The molecule has 0 aliphatic carbocycles. The molecule has 0 bridgehead atoms. The lowest BCUT2D eigenvalue weighted by atomic mass is 10.1. The number of carbonyl (C=O) groups is 1. The maximum atomic E-state index is 13.3. The first-order valence-electron chi connectivity index (χ1n) is 10.8. The number of carbonyl (C=O) groups excluding carboxylic acids is 1. The van der Waals surface area contributed by atoms with Crippen molar-refractivity contribution in [1.29, 1.82) is 0 Å². The quantitative estimate of drug-likeness (QED) is 0.219. The summed E-state index contributed by atoms with van der Waals surface area (Å²) in [5.41, 5.74) is 1.55. The molecule has 0 spiro atoms. The van der Waals surface area contributed by atoms with E-state index >= 15 is 0 Å². The molecule has 1 unspecified atom stereocenters. The lowest BCUT2D eigenvalue weighted by Crippen LogP contribution is -2.41. The Morgan fingerprint density at radius 3 is 2.58 bits per heavy atom. The molecule has 0 saturated carbocycles. The van der Waals surface area contributed by atoms with Crippen molar-refractivity contribution >= 4 is 35.8 Å². The molecule has 2 aromatic carbocycles. The molecular formula is C24H35FIN5O2. The number of hydrogen-bond donors (Lipinski definition) is 3. The number of rotatable bonds is 11. The van der Waals surface area contributed by atoms with Gasteiger partial charge < -0.3 is 25.6 Å². The van der Waals surface area contributed by atoms with Gasteiger partial charge in [0.2, 0.25) is 0 Å². The molecule has 0 aliphatic rings. The summed E-state index contributed by atoms with van der Waals surface area (Å²) in [6.45, 7) is 6.90. The molecule has 0 radical (unpaired) electrons. The van der Waals surface area contributed by atoms with Gasteiger partial charge in [0.25, 0.3) is 5.91 Å². The van der Waals surface area contributed by atoms with Gasteiger partial charge in [-0.15, -0.1) is 24.0 Å². The highest BCUT2D eigenvalue weighted by Crippen LogP contribution is 2.13. The maximum absolute atomic E-state index is 13.3. The summed E-state index contributed by atoms with van der Waals surface area (Å²) < 4.78 is 19.1. The van der Waals surface area contributed by atoms with E-state index in [2.05, 4.69) is 20.9 Å². The van der Waals surface area contributed by atoms with Gasteiger partial charge in [0, 0.05) is 31.3 Å². The van der Waals surface area contributed by atoms with E-state index in [1.54, 1.807) is 18.2 Å². The number of likely N-dealkylation sites (N-methyl/N-ethyl adjacent to an activating group) is 1. The van der Waals surface area contributed by atoms with Crippen molar-refractivity contribution in [1.82, 2.24) is 20.9 Å². The first kappa shape index (κ1) is 28.6. The van der Waals surface area contributed by atoms with Gasteiger partial charge in [-0.05, 0) is 57.8 Å². The van der Waals surface area contributed by atoms with Crippen LogP contribution < -0.4 is 20.7 Å². The van der Waals surface area contributed by atoms with Crippen molar-refractivity contribution in [3.05, 3.63) is 65.5 Å². The van der Waals surface area contributed by atoms with E-state index in [-0.39, 0.29) is 41.8 Å². The zero-order chi connectivity index (χ0) is 23.3. The van der Waals surface area contributed by atoms with Crippen LogP contribution in [0.15, 0.2) is 53.5 Å². The highest BCUT2D eigenvalue weighted by atomic mass is 127. The second kappa shape index (κ2) is 15.4. The molecule has 0 fully saturated rings. The predicted octanol–water partition coefficient (Wildman–Crippen LogP) is 3.26. The molecule has 0 heterocycles. The van der Waals surface area contributed by atoms with Gasteiger partial charge in [-0.1, -0.05) is 18.2 Å². The van der Waals surface area contributed by atoms with Crippen molar-refractivity contribution in [3.8, 4) is 5.75 Å². The van der Waals surface area contributed by atoms with Crippen LogP contribution in [-0.4, -0.2) is 63.1 Å². The zero-order valence-corrected chi connectivity index (χ0v) is 22.1. The molecule has 9 heteroatoms. The summed E-state index contributed by atoms with van der Waals surface area (Å²) in [4.78, 5) is 19.0. The number of nitrogens with zero attached hydrogens (tertiary/aromatic N) is 2. The summed E-state index contributed by atoms with van der Waals surface area (Å²) in [6, 6.07) is 13.5. The van der Waals surface area contributed by atoms with Crippen molar-refractivity contribution in [3.63, 3.8) is 0 Å². The van der Waals surface area contributed by atoms with Crippen LogP contribution in [0.1, 0.15) is 29.8 Å². The lowest BCUT2D eigenvalue weighted by Gasteiger charge is -2.17. The molecule has 2 aromatic rings. The topological polar surface area (TPSA) is 78.0 Å². The SMILES string of the molecule is CCNC(=NCc1cccc(C(=O)NCCN(C)C)c1)NCC(C)Oc1cccc(F)c1.I. The Kier molecular flexibility index (Phi) is 13.4. The number of amides is 1. The van der Waals surface area contributed by atoms with E-state index in [0.717, 1.165) is 12.1 Å². The first-order valence-corrected chi connectivity index (χ1v) is 10.8. The van der Waals surface area contributed by atoms with Gasteiger partial charge >= 0.3 is 0 Å². The fourth-order valence-electron chi connectivity index (χ4n) is 2.87. The number of nitrogens with one attached hydrogen (secondary N) is 3. The Bertz CT molecular complexity index is 895.